The molecule has 2 aliphatic rings. The van der Waals surface area contributed by atoms with Crippen LogP contribution in [0.4, 0.5) is 5.69 Å². The summed E-state index contributed by atoms with van der Waals surface area (Å²) in [5, 5.41) is 7.92. The number of benzene rings is 1. The van der Waals surface area contributed by atoms with E-state index in [0.29, 0.717) is 42.3 Å². The number of carbonyl (C=O) groups is 2. The molecule has 1 aliphatic carbocycles. The fourth-order valence-corrected chi connectivity index (χ4v) is 4.65. The fourth-order valence-electron chi connectivity index (χ4n) is 4.48. The number of nitrogens with zero attached hydrogens (tertiary/aromatic N) is 4. The van der Waals surface area contributed by atoms with Gasteiger partial charge in [-0.1, -0.05) is 17.7 Å². The molecule has 0 radical (unpaired) electrons. The quantitative estimate of drug-likeness (QED) is 0.695. The second-order valence-electron chi connectivity index (χ2n) is 9.44. The standard InChI is InChI=1S/C25H34ClN5O3/c1-17(2)29-9-4-10-31(24(32)16-34-3)23-13-20(26)8-7-19(23)15-30(12-11-29)25(33)22-14-21(27-28-22)18-5-6-18/h7-8,13-14,17-18H,4-6,9-12,15-16H2,1-3H3,(H,27,28). The van der Waals surface area contributed by atoms with E-state index in [1.54, 1.807) is 4.90 Å². The third kappa shape index (κ3) is 5.79. The summed E-state index contributed by atoms with van der Waals surface area (Å²) in [5.41, 5.74) is 3.08. The summed E-state index contributed by atoms with van der Waals surface area (Å²) in [6, 6.07) is 7.74. The number of nitrogens with one attached hydrogen (secondary N) is 1. The number of hydrogen-bond acceptors (Lipinski definition) is 5. The topological polar surface area (TPSA) is 81.8 Å². The van der Waals surface area contributed by atoms with Crippen molar-refractivity contribution in [3.05, 3.63) is 46.2 Å². The van der Waals surface area contributed by atoms with Gasteiger partial charge in [0, 0.05) is 62.5 Å². The van der Waals surface area contributed by atoms with E-state index in [9.17, 15) is 9.59 Å². The third-order valence-corrected chi connectivity index (χ3v) is 6.84. The summed E-state index contributed by atoms with van der Waals surface area (Å²) in [6.07, 6.45) is 3.09. The first-order valence-corrected chi connectivity index (χ1v) is 12.4. The second-order valence-corrected chi connectivity index (χ2v) is 9.88. The summed E-state index contributed by atoms with van der Waals surface area (Å²) in [5.74, 6) is 0.263. The molecule has 1 fully saturated rings. The Bertz CT molecular complexity index is 1020. The first-order valence-electron chi connectivity index (χ1n) is 12.0. The molecule has 2 heterocycles. The van der Waals surface area contributed by atoms with Crippen LogP contribution in [0.3, 0.4) is 0 Å². The first kappa shape index (κ1) is 24.7. The van der Waals surface area contributed by atoms with Crippen molar-refractivity contribution in [2.75, 3.05) is 44.8 Å². The van der Waals surface area contributed by atoms with Crippen LogP contribution in [0, 0.1) is 0 Å². The molecule has 0 bridgehead atoms. The molecule has 184 valence electrons. The highest BCUT2D eigenvalue weighted by molar-refractivity contribution is 6.31. The van der Waals surface area contributed by atoms with Gasteiger partial charge in [-0.15, -0.1) is 0 Å². The molecule has 0 unspecified atom stereocenters. The van der Waals surface area contributed by atoms with Gasteiger partial charge in [0.05, 0.1) is 5.69 Å². The van der Waals surface area contributed by atoms with Crippen LogP contribution in [0.1, 0.15) is 60.8 Å². The normalized spacial score (nSPS) is 18.0. The smallest absolute Gasteiger partial charge is 0.274 e. The van der Waals surface area contributed by atoms with Crippen molar-refractivity contribution in [3.63, 3.8) is 0 Å². The molecular weight excluding hydrogens is 454 g/mol. The Morgan fingerprint density at radius 1 is 1.18 bits per heavy atom. The second kappa shape index (κ2) is 10.9. The van der Waals surface area contributed by atoms with Crippen molar-refractivity contribution in [2.45, 2.75) is 51.6 Å². The van der Waals surface area contributed by atoms with E-state index in [1.807, 2.05) is 29.2 Å². The lowest BCUT2D eigenvalue weighted by molar-refractivity contribution is -0.122. The van der Waals surface area contributed by atoms with Crippen molar-refractivity contribution < 1.29 is 14.3 Å². The average molecular weight is 488 g/mol. The van der Waals surface area contributed by atoms with Gasteiger partial charge in [-0.05, 0) is 56.9 Å². The number of fused-ring (bicyclic) bond motifs is 1. The van der Waals surface area contributed by atoms with Crippen molar-refractivity contribution >= 4 is 29.1 Å². The number of methoxy groups -OCH3 is 1. The van der Waals surface area contributed by atoms with Crippen molar-refractivity contribution in [1.82, 2.24) is 20.0 Å². The van der Waals surface area contributed by atoms with E-state index in [-0.39, 0.29) is 18.4 Å². The minimum absolute atomic E-state index is 0.0142. The average Bonchev–Trinajstić information content (AvgIpc) is 3.54. The molecule has 1 aliphatic heterocycles. The number of hydrogen-bond donors (Lipinski definition) is 1. The summed E-state index contributed by atoms with van der Waals surface area (Å²) in [7, 11) is 1.52. The molecule has 0 atom stereocenters. The largest absolute Gasteiger partial charge is 0.375 e. The summed E-state index contributed by atoms with van der Waals surface area (Å²) >= 11 is 6.35. The van der Waals surface area contributed by atoms with E-state index < -0.39 is 0 Å². The molecule has 1 saturated carbocycles. The maximum Gasteiger partial charge on any atom is 0.274 e. The molecule has 1 aromatic carbocycles. The molecule has 1 N–H and O–H groups in total. The van der Waals surface area contributed by atoms with Crippen LogP contribution in [-0.4, -0.2) is 77.7 Å². The Balaban J connectivity index is 1.68. The van der Waals surface area contributed by atoms with Crippen molar-refractivity contribution in [3.8, 4) is 0 Å². The Hall–Kier alpha value is -2.42. The zero-order chi connectivity index (χ0) is 24.2. The number of rotatable bonds is 5. The minimum Gasteiger partial charge on any atom is -0.375 e. The zero-order valence-corrected chi connectivity index (χ0v) is 21.0. The Labute approximate surface area is 206 Å². The van der Waals surface area contributed by atoms with E-state index >= 15 is 0 Å². The van der Waals surface area contributed by atoms with Crippen LogP contribution in [0.2, 0.25) is 5.02 Å². The van der Waals surface area contributed by atoms with Crippen LogP contribution in [0.15, 0.2) is 24.3 Å². The van der Waals surface area contributed by atoms with Crippen molar-refractivity contribution in [2.24, 2.45) is 0 Å². The number of carbonyl (C=O) groups excluding carboxylic acids is 2. The summed E-state index contributed by atoms with van der Waals surface area (Å²) in [6.45, 7) is 7.35. The van der Waals surface area contributed by atoms with E-state index in [0.717, 1.165) is 49.3 Å². The van der Waals surface area contributed by atoms with Gasteiger partial charge in [-0.25, -0.2) is 0 Å². The third-order valence-electron chi connectivity index (χ3n) is 6.60. The molecule has 9 heteroatoms. The van der Waals surface area contributed by atoms with Crippen LogP contribution < -0.4 is 4.90 Å². The van der Waals surface area contributed by atoms with Gasteiger partial charge in [0.15, 0.2) is 0 Å². The monoisotopic (exact) mass is 487 g/mol. The fraction of sp³-hybridized carbons (Fsp3) is 0.560. The predicted molar refractivity (Wildman–Crippen MR) is 132 cm³/mol. The molecular formula is C25H34ClN5O3. The summed E-state index contributed by atoms with van der Waals surface area (Å²) < 4.78 is 5.15. The SMILES string of the molecule is COCC(=O)N1CCCN(C(C)C)CCN(C(=O)c2cc(C3CC3)[nH]n2)Cc2ccc(Cl)cc21. The lowest BCUT2D eigenvalue weighted by atomic mass is 10.1. The highest BCUT2D eigenvalue weighted by Crippen LogP contribution is 2.39. The Morgan fingerprint density at radius 3 is 2.68 bits per heavy atom. The molecule has 4 rings (SSSR count). The van der Waals surface area contributed by atoms with E-state index in [1.165, 1.54) is 7.11 Å². The van der Waals surface area contributed by atoms with E-state index in [2.05, 4.69) is 28.9 Å². The van der Waals surface area contributed by atoms with Gasteiger partial charge in [-0.3, -0.25) is 19.6 Å². The highest BCUT2D eigenvalue weighted by atomic mass is 35.5. The molecule has 0 saturated heterocycles. The number of amides is 2. The molecule has 2 amide bonds. The van der Waals surface area contributed by atoms with Crippen LogP contribution >= 0.6 is 11.6 Å². The first-order chi connectivity index (χ1) is 16.4. The molecule has 0 spiro atoms. The van der Waals surface area contributed by atoms with Crippen LogP contribution in [0.5, 0.6) is 0 Å². The van der Waals surface area contributed by atoms with Gasteiger partial charge < -0.3 is 14.5 Å². The van der Waals surface area contributed by atoms with Crippen LogP contribution in [0.25, 0.3) is 0 Å². The number of H-pyrrole nitrogens is 1. The summed E-state index contributed by atoms with van der Waals surface area (Å²) in [4.78, 5) is 32.5. The number of aromatic amines is 1. The number of aromatic nitrogens is 2. The van der Waals surface area contributed by atoms with E-state index in [4.69, 9.17) is 16.3 Å². The van der Waals surface area contributed by atoms with Gasteiger partial charge in [0.25, 0.3) is 11.8 Å². The molecule has 34 heavy (non-hydrogen) atoms. The van der Waals surface area contributed by atoms with Crippen molar-refractivity contribution in [1.29, 1.82) is 0 Å². The molecule has 8 nitrogen and oxygen atoms in total. The number of anilines is 1. The van der Waals surface area contributed by atoms with Gasteiger partial charge in [0.2, 0.25) is 0 Å². The maximum atomic E-state index is 13.6. The lowest BCUT2D eigenvalue weighted by Gasteiger charge is -2.29. The zero-order valence-electron chi connectivity index (χ0n) is 20.2. The maximum absolute atomic E-state index is 13.6. The Kier molecular flexibility index (Phi) is 7.91. The highest BCUT2D eigenvalue weighted by Gasteiger charge is 2.29. The Morgan fingerprint density at radius 2 is 1.97 bits per heavy atom. The molecule has 2 aromatic rings. The van der Waals surface area contributed by atoms with Crippen LogP contribution in [-0.2, 0) is 16.1 Å². The minimum atomic E-state index is -0.124. The number of halogens is 1. The van der Waals surface area contributed by atoms with Gasteiger partial charge in [-0.2, -0.15) is 5.10 Å². The van der Waals surface area contributed by atoms with Gasteiger partial charge >= 0.3 is 0 Å². The van der Waals surface area contributed by atoms with Gasteiger partial charge in [0.1, 0.15) is 12.3 Å². The number of ether oxygens (including phenoxy) is 1. The lowest BCUT2D eigenvalue weighted by Crippen LogP contribution is -2.41. The molecule has 1 aromatic heterocycles. The predicted octanol–water partition coefficient (Wildman–Crippen LogP) is 3.68.